The Morgan fingerprint density at radius 3 is 2.81 bits per heavy atom. The molecule has 174 valence electrons. The number of urea groups is 1. The Kier molecular flexibility index (Phi) is 11.3. The van der Waals surface area contributed by atoms with E-state index in [2.05, 4.69) is 31.3 Å². The molecule has 0 aromatic heterocycles. The SMILES string of the molecule is [N-]=[N+]=NCCCNC(=O)[C@@H](N)CCCCNC(=O)CCCC[C@@H]1SC[C@@H]2NC(=O)N[C@@H]21. The summed E-state index contributed by atoms with van der Waals surface area (Å²) >= 11 is 1.89. The monoisotopic (exact) mass is 454 g/mol. The molecule has 2 saturated heterocycles. The molecular weight excluding hydrogens is 420 g/mol. The molecular formula is C19H34N8O3S. The highest BCUT2D eigenvalue weighted by molar-refractivity contribution is 8.00. The number of azide groups is 1. The quantitative estimate of drug-likeness (QED) is 0.0818. The standard InChI is InChI=1S/C19H34N8O3S/c20-13(18(29)23-10-5-11-24-27-21)6-3-4-9-22-16(28)8-2-1-7-15-17-14(12-31-15)25-19(30)26-17/h13-15,17H,1-12,20H2,(H,22,28)(H,23,29)(H2,25,26,30)/t13-,14-,15-,17-/m0/s1. The number of carbonyl (C=O) groups excluding carboxylic acids is 3. The van der Waals surface area contributed by atoms with Gasteiger partial charge in [-0.2, -0.15) is 11.8 Å². The number of thioether (sulfide) groups is 1. The van der Waals surface area contributed by atoms with Crippen molar-refractivity contribution in [3.63, 3.8) is 0 Å². The Balaban J connectivity index is 1.42. The van der Waals surface area contributed by atoms with E-state index in [1.54, 1.807) is 0 Å². The van der Waals surface area contributed by atoms with Gasteiger partial charge in [0.15, 0.2) is 0 Å². The van der Waals surface area contributed by atoms with Crippen LogP contribution in [-0.4, -0.2) is 66.6 Å². The van der Waals surface area contributed by atoms with Crippen LogP contribution in [0.1, 0.15) is 51.4 Å². The predicted molar refractivity (Wildman–Crippen MR) is 120 cm³/mol. The first-order valence-corrected chi connectivity index (χ1v) is 12.1. The predicted octanol–water partition coefficient (Wildman–Crippen LogP) is 1.14. The molecule has 2 heterocycles. The van der Waals surface area contributed by atoms with Crippen molar-refractivity contribution in [2.24, 2.45) is 10.8 Å². The molecule has 2 aliphatic heterocycles. The number of hydrogen-bond acceptors (Lipinski definition) is 6. The highest BCUT2D eigenvalue weighted by Crippen LogP contribution is 2.33. The summed E-state index contributed by atoms with van der Waals surface area (Å²) in [7, 11) is 0. The fraction of sp³-hybridized carbons (Fsp3) is 0.842. The minimum Gasteiger partial charge on any atom is -0.356 e. The van der Waals surface area contributed by atoms with Crippen molar-refractivity contribution in [1.82, 2.24) is 21.3 Å². The van der Waals surface area contributed by atoms with Crippen LogP contribution >= 0.6 is 11.8 Å². The number of hydrogen-bond donors (Lipinski definition) is 5. The van der Waals surface area contributed by atoms with Crippen LogP contribution in [0, 0.1) is 0 Å². The smallest absolute Gasteiger partial charge is 0.315 e. The molecule has 4 amide bonds. The van der Waals surface area contributed by atoms with E-state index in [0.29, 0.717) is 44.1 Å². The van der Waals surface area contributed by atoms with E-state index in [9.17, 15) is 14.4 Å². The second-order valence-corrected chi connectivity index (χ2v) is 9.19. The van der Waals surface area contributed by atoms with Gasteiger partial charge < -0.3 is 27.0 Å². The molecule has 2 fully saturated rings. The van der Waals surface area contributed by atoms with Crippen LogP contribution in [0.5, 0.6) is 0 Å². The van der Waals surface area contributed by atoms with Gasteiger partial charge in [0.05, 0.1) is 18.1 Å². The fourth-order valence-corrected chi connectivity index (χ4v) is 5.29. The van der Waals surface area contributed by atoms with Crippen LogP contribution in [0.4, 0.5) is 4.79 Å². The number of nitrogens with two attached hydrogens (primary N) is 1. The van der Waals surface area contributed by atoms with Crippen molar-refractivity contribution in [2.45, 2.75) is 74.7 Å². The van der Waals surface area contributed by atoms with Crippen LogP contribution in [0.25, 0.3) is 10.4 Å². The number of nitrogens with one attached hydrogen (secondary N) is 4. The van der Waals surface area contributed by atoms with Gasteiger partial charge in [-0.1, -0.05) is 11.5 Å². The molecule has 4 atom stereocenters. The summed E-state index contributed by atoms with van der Waals surface area (Å²) in [4.78, 5) is 37.8. The topological polar surface area (TPSA) is 174 Å². The summed E-state index contributed by atoms with van der Waals surface area (Å²) in [5.74, 6) is 0.802. The molecule has 0 radical (unpaired) electrons. The van der Waals surface area contributed by atoms with Gasteiger partial charge in [-0.3, -0.25) is 9.59 Å². The van der Waals surface area contributed by atoms with Gasteiger partial charge in [0, 0.05) is 42.0 Å². The van der Waals surface area contributed by atoms with Gasteiger partial charge in [0.1, 0.15) is 0 Å². The summed E-state index contributed by atoms with van der Waals surface area (Å²) in [6, 6.07) is -0.168. The lowest BCUT2D eigenvalue weighted by molar-refractivity contribution is -0.123. The zero-order valence-electron chi connectivity index (χ0n) is 17.8. The van der Waals surface area contributed by atoms with Crippen molar-refractivity contribution in [2.75, 3.05) is 25.4 Å². The van der Waals surface area contributed by atoms with Gasteiger partial charge in [0.25, 0.3) is 0 Å². The van der Waals surface area contributed by atoms with Crippen LogP contribution < -0.4 is 27.0 Å². The van der Waals surface area contributed by atoms with Crippen molar-refractivity contribution in [3.05, 3.63) is 10.4 Å². The van der Waals surface area contributed by atoms with E-state index >= 15 is 0 Å². The summed E-state index contributed by atoms with van der Waals surface area (Å²) in [5, 5.41) is 15.4. The van der Waals surface area contributed by atoms with Crippen molar-refractivity contribution in [1.29, 1.82) is 0 Å². The third-order valence-electron chi connectivity index (χ3n) is 5.48. The van der Waals surface area contributed by atoms with E-state index in [4.69, 9.17) is 11.3 Å². The largest absolute Gasteiger partial charge is 0.356 e. The van der Waals surface area contributed by atoms with Crippen LogP contribution in [0.2, 0.25) is 0 Å². The number of amides is 4. The Morgan fingerprint density at radius 1 is 1.19 bits per heavy atom. The number of rotatable bonds is 15. The average molecular weight is 455 g/mol. The Bertz CT molecular complexity index is 658. The molecule has 2 aliphatic rings. The Hall–Kier alpha value is -2.17. The van der Waals surface area contributed by atoms with Gasteiger partial charge >= 0.3 is 6.03 Å². The lowest BCUT2D eigenvalue weighted by Crippen LogP contribution is -2.41. The van der Waals surface area contributed by atoms with E-state index in [1.165, 1.54) is 0 Å². The highest BCUT2D eigenvalue weighted by Gasteiger charge is 2.42. The molecule has 0 saturated carbocycles. The van der Waals surface area contributed by atoms with E-state index < -0.39 is 6.04 Å². The lowest BCUT2D eigenvalue weighted by Gasteiger charge is -2.16. The van der Waals surface area contributed by atoms with Gasteiger partial charge in [-0.25, -0.2) is 4.79 Å². The third kappa shape index (κ3) is 9.24. The molecule has 0 bridgehead atoms. The molecule has 31 heavy (non-hydrogen) atoms. The van der Waals surface area contributed by atoms with Crippen molar-refractivity contribution >= 4 is 29.6 Å². The highest BCUT2D eigenvalue weighted by atomic mass is 32.2. The van der Waals surface area contributed by atoms with Crippen LogP contribution in [0.3, 0.4) is 0 Å². The lowest BCUT2D eigenvalue weighted by atomic mass is 10.0. The summed E-state index contributed by atoms with van der Waals surface area (Å²) in [6.07, 6.45) is 6.00. The second kappa shape index (κ2) is 14.0. The van der Waals surface area contributed by atoms with Crippen LogP contribution in [0.15, 0.2) is 5.11 Å². The number of carbonyl (C=O) groups is 3. The first kappa shape index (κ1) is 25.1. The van der Waals surface area contributed by atoms with Crippen molar-refractivity contribution < 1.29 is 14.4 Å². The molecule has 0 aliphatic carbocycles. The number of unbranched alkanes of at least 4 members (excludes halogenated alkanes) is 2. The molecule has 0 spiro atoms. The molecule has 0 aromatic rings. The summed E-state index contributed by atoms with van der Waals surface area (Å²) in [6.45, 7) is 1.37. The van der Waals surface area contributed by atoms with E-state index in [-0.39, 0.29) is 29.9 Å². The van der Waals surface area contributed by atoms with Gasteiger partial charge in [-0.05, 0) is 44.1 Å². The van der Waals surface area contributed by atoms with E-state index in [0.717, 1.165) is 37.9 Å². The van der Waals surface area contributed by atoms with Gasteiger partial charge in [-0.15, -0.1) is 0 Å². The maximum absolute atomic E-state index is 12.0. The zero-order chi connectivity index (χ0) is 22.5. The number of fused-ring (bicyclic) bond motifs is 1. The first-order valence-electron chi connectivity index (χ1n) is 11.0. The maximum atomic E-state index is 12.0. The fourth-order valence-electron chi connectivity index (χ4n) is 3.75. The molecule has 0 unspecified atom stereocenters. The molecule has 6 N–H and O–H groups in total. The Morgan fingerprint density at radius 2 is 2.00 bits per heavy atom. The zero-order valence-corrected chi connectivity index (χ0v) is 18.7. The van der Waals surface area contributed by atoms with Crippen LogP contribution in [-0.2, 0) is 9.59 Å². The second-order valence-electron chi connectivity index (χ2n) is 7.92. The first-order chi connectivity index (χ1) is 15.0. The van der Waals surface area contributed by atoms with E-state index in [1.807, 2.05) is 11.8 Å². The normalized spacial score (nSPS) is 22.6. The van der Waals surface area contributed by atoms with Crippen molar-refractivity contribution in [3.8, 4) is 0 Å². The number of nitrogens with zero attached hydrogens (tertiary/aromatic N) is 3. The minimum absolute atomic E-state index is 0.0508. The average Bonchev–Trinajstić information content (AvgIpc) is 3.29. The molecule has 0 aromatic carbocycles. The van der Waals surface area contributed by atoms with Gasteiger partial charge in [0.2, 0.25) is 11.8 Å². The summed E-state index contributed by atoms with van der Waals surface area (Å²) in [5.41, 5.74) is 14.0. The minimum atomic E-state index is -0.567. The molecule has 2 rings (SSSR count). The molecule has 12 heteroatoms. The molecule has 11 nitrogen and oxygen atoms in total. The Labute approximate surface area is 187 Å². The third-order valence-corrected chi connectivity index (χ3v) is 6.99. The summed E-state index contributed by atoms with van der Waals surface area (Å²) < 4.78 is 0. The maximum Gasteiger partial charge on any atom is 0.315 e.